The van der Waals surface area contributed by atoms with Crippen molar-refractivity contribution in [1.29, 1.82) is 0 Å². The third-order valence-electron chi connectivity index (χ3n) is 9.81. The molecule has 0 bridgehead atoms. The van der Waals surface area contributed by atoms with E-state index in [0.717, 1.165) is 31.3 Å². The van der Waals surface area contributed by atoms with Gasteiger partial charge in [0.2, 0.25) is 5.60 Å². The highest BCUT2D eigenvalue weighted by Crippen LogP contribution is 2.67. The van der Waals surface area contributed by atoms with Gasteiger partial charge in [-0.15, -0.1) is 0 Å². The molecule has 0 aromatic carbocycles. The van der Waals surface area contributed by atoms with E-state index >= 15 is 0 Å². The highest BCUT2D eigenvalue weighted by Gasteiger charge is 2.69. The molecule has 3 fully saturated rings. The third-order valence-corrected chi connectivity index (χ3v) is 9.81. The van der Waals surface area contributed by atoms with E-state index in [4.69, 9.17) is 23.7 Å². The number of methoxy groups -OCH3 is 3. The molecule has 194 valence electrons. The van der Waals surface area contributed by atoms with Gasteiger partial charge in [0.15, 0.2) is 0 Å². The lowest BCUT2D eigenvalue weighted by atomic mass is 9.46. The van der Waals surface area contributed by atoms with Crippen molar-refractivity contribution in [1.82, 2.24) is 0 Å². The molecule has 4 rings (SSSR count). The Hall–Kier alpha value is -2.51. The maximum Gasteiger partial charge on any atom is 0.509 e. The molecule has 0 N–H and O–H groups in total. The Morgan fingerprint density at radius 3 is 2.29 bits per heavy atom. The summed E-state index contributed by atoms with van der Waals surface area (Å²) in [5, 5.41) is 0. The van der Waals surface area contributed by atoms with E-state index in [2.05, 4.69) is 19.9 Å². The van der Waals surface area contributed by atoms with Crippen LogP contribution in [0.25, 0.3) is 0 Å². The summed E-state index contributed by atoms with van der Waals surface area (Å²) in [7, 11) is 3.72. The van der Waals surface area contributed by atoms with Gasteiger partial charge in [0, 0.05) is 18.3 Å². The minimum atomic E-state index is -1.72. The first-order valence-corrected chi connectivity index (χ1v) is 12.6. The maximum absolute atomic E-state index is 13.6. The van der Waals surface area contributed by atoms with Crippen molar-refractivity contribution >= 4 is 18.3 Å². The fourth-order valence-corrected chi connectivity index (χ4v) is 7.99. The number of hydrogen-bond acceptors (Lipinski definition) is 8. The summed E-state index contributed by atoms with van der Waals surface area (Å²) in [6.45, 7) is 6.69. The predicted octanol–water partition coefficient (Wildman–Crippen LogP) is 5.35. The van der Waals surface area contributed by atoms with E-state index in [0.29, 0.717) is 18.3 Å². The predicted molar refractivity (Wildman–Crippen MR) is 126 cm³/mol. The van der Waals surface area contributed by atoms with Gasteiger partial charge in [-0.05, 0) is 48.9 Å². The molecule has 35 heavy (non-hydrogen) atoms. The van der Waals surface area contributed by atoms with Gasteiger partial charge in [0.25, 0.3) is 0 Å². The minimum absolute atomic E-state index is 0.0148. The van der Waals surface area contributed by atoms with Crippen LogP contribution in [0.3, 0.4) is 0 Å². The zero-order valence-corrected chi connectivity index (χ0v) is 21.7. The van der Waals surface area contributed by atoms with E-state index in [1.807, 2.05) is 13.0 Å². The summed E-state index contributed by atoms with van der Waals surface area (Å²) in [6.07, 6.45) is 7.46. The van der Waals surface area contributed by atoms with E-state index in [1.165, 1.54) is 33.3 Å². The molecule has 4 aliphatic rings. The number of carbonyl (C=O) groups excluding carboxylic acids is 3. The molecule has 3 saturated carbocycles. The van der Waals surface area contributed by atoms with Crippen molar-refractivity contribution in [2.75, 3.05) is 21.3 Å². The number of fused-ring (bicyclic) bond motifs is 5. The van der Waals surface area contributed by atoms with Crippen molar-refractivity contribution < 1.29 is 38.1 Å². The summed E-state index contributed by atoms with van der Waals surface area (Å²) in [6, 6.07) is 0. The van der Waals surface area contributed by atoms with Gasteiger partial charge in [-0.3, -0.25) is 0 Å². The van der Waals surface area contributed by atoms with E-state index in [9.17, 15) is 14.4 Å². The molecule has 8 nitrogen and oxygen atoms in total. The first-order valence-electron chi connectivity index (χ1n) is 12.6. The van der Waals surface area contributed by atoms with Crippen molar-refractivity contribution in [2.45, 2.75) is 77.4 Å². The fourth-order valence-electron chi connectivity index (χ4n) is 7.99. The van der Waals surface area contributed by atoms with Crippen LogP contribution in [0, 0.1) is 28.6 Å². The van der Waals surface area contributed by atoms with Crippen LogP contribution in [-0.4, -0.2) is 51.3 Å². The molecule has 0 heterocycles. The van der Waals surface area contributed by atoms with Crippen LogP contribution in [-0.2, 0) is 28.5 Å². The maximum atomic E-state index is 13.6. The molecule has 0 aliphatic heterocycles. The molecular weight excluding hydrogens is 452 g/mol. The van der Waals surface area contributed by atoms with Crippen molar-refractivity contribution in [2.24, 2.45) is 28.6 Å². The molecule has 0 radical (unpaired) electrons. The standard InChI is InChI=1S/C27H38O8/c1-7-16-9-11-20-19-10-8-17-14-18(34-23(29)32-5)15-27(22(28)31-4,35-24(30)33-6)26(17,3)21(19)12-13-25(16,20)2/h8,10,16,18,20-21H,7,9,11-15H2,1-6H3/t16-,18?,20-,21-,25+,26-,27?/m0/s1. The zero-order chi connectivity index (χ0) is 25.6. The Labute approximate surface area is 207 Å². The summed E-state index contributed by atoms with van der Waals surface area (Å²) in [5.74, 6) is 0.396. The van der Waals surface area contributed by atoms with Crippen LogP contribution in [0.2, 0.25) is 0 Å². The van der Waals surface area contributed by atoms with Crippen molar-refractivity contribution in [3.05, 3.63) is 23.3 Å². The summed E-state index contributed by atoms with van der Waals surface area (Å²) in [5.41, 5.74) is -0.149. The largest absolute Gasteiger partial charge is 0.509 e. The molecule has 0 saturated heterocycles. The summed E-state index contributed by atoms with van der Waals surface area (Å²) < 4.78 is 26.2. The topological polar surface area (TPSA) is 97.4 Å². The number of allylic oxidation sites excluding steroid dienone is 3. The second-order valence-corrected chi connectivity index (χ2v) is 10.9. The molecular formula is C27H38O8. The van der Waals surface area contributed by atoms with Crippen molar-refractivity contribution in [3.63, 3.8) is 0 Å². The van der Waals surface area contributed by atoms with Crippen LogP contribution in [0.1, 0.15) is 65.7 Å². The van der Waals surface area contributed by atoms with Gasteiger partial charge in [-0.2, -0.15) is 0 Å². The number of esters is 1. The Kier molecular flexibility index (Phi) is 6.70. The number of hydrogen-bond donors (Lipinski definition) is 0. The first kappa shape index (κ1) is 25.6. The van der Waals surface area contributed by atoms with Gasteiger partial charge >= 0.3 is 18.3 Å². The molecule has 0 amide bonds. The Balaban J connectivity index is 1.85. The van der Waals surface area contributed by atoms with Crippen LogP contribution < -0.4 is 0 Å². The second-order valence-electron chi connectivity index (χ2n) is 10.9. The quantitative estimate of drug-likeness (QED) is 0.384. The fraction of sp³-hybridized carbons (Fsp3) is 0.741. The van der Waals surface area contributed by atoms with Gasteiger partial charge in [0.05, 0.1) is 21.3 Å². The highest BCUT2D eigenvalue weighted by atomic mass is 16.7. The number of ether oxygens (including phenoxy) is 5. The van der Waals surface area contributed by atoms with E-state index < -0.39 is 35.4 Å². The van der Waals surface area contributed by atoms with Crippen molar-refractivity contribution in [3.8, 4) is 0 Å². The molecule has 0 spiro atoms. The van der Waals surface area contributed by atoms with E-state index in [1.54, 1.807) is 0 Å². The first-order chi connectivity index (χ1) is 16.6. The monoisotopic (exact) mass is 490 g/mol. The zero-order valence-electron chi connectivity index (χ0n) is 21.7. The smallest absolute Gasteiger partial charge is 0.466 e. The molecule has 0 aromatic rings. The SMILES string of the molecule is CC[C@H]1CC[C@H]2C3=CC=C4CC(OC(=O)OC)CC(OC(=O)OC)(C(=O)OC)[C@]4(C)[C@H]3CC[C@]12C. The lowest BCUT2D eigenvalue weighted by Crippen LogP contribution is -2.66. The van der Waals surface area contributed by atoms with Crippen LogP contribution in [0.5, 0.6) is 0 Å². The molecule has 8 heteroatoms. The number of rotatable bonds is 4. The highest BCUT2D eigenvalue weighted by molar-refractivity contribution is 5.85. The lowest BCUT2D eigenvalue weighted by Gasteiger charge is -2.59. The minimum Gasteiger partial charge on any atom is -0.466 e. The number of carbonyl (C=O) groups is 3. The van der Waals surface area contributed by atoms with E-state index in [-0.39, 0.29) is 17.8 Å². The summed E-state index contributed by atoms with van der Waals surface area (Å²) >= 11 is 0. The lowest BCUT2D eigenvalue weighted by molar-refractivity contribution is -0.196. The van der Waals surface area contributed by atoms with Gasteiger partial charge in [-0.25, -0.2) is 14.4 Å². The Morgan fingerprint density at radius 2 is 1.66 bits per heavy atom. The Bertz CT molecular complexity index is 953. The van der Waals surface area contributed by atoms with Crippen LogP contribution in [0.4, 0.5) is 9.59 Å². The average Bonchev–Trinajstić information content (AvgIpc) is 3.20. The summed E-state index contributed by atoms with van der Waals surface area (Å²) in [4.78, 5) is 38.1. The molecule has 2 unspecified atom stereocenters. The third kappa shape index (κ3) is 3.66. The molecule has 7 atom stereocenters. The molecule has 0 aromatic heterocycles. The normalized spacial score (nSPS) is 39.6. The van der Waals surface area contributed by atoms with Gasteiger partial charge in [-0.1, -0.05) is 50.5 Å². The Morgan fingerprint density at radius 1 is 0.943 bits per heavy atom. The average molecular weight is 491 g/mol. The van der Waals surface area contributed by atoms with Gasteiger partial charge in [0.1, 0.15) is 6.10 Å². The second kappa shape index (κ2) is 9.17. The van der Waals surface area contributed by atoms with Crippen LogP contribution in [0.15, 0.2) is 23.3 Å². The molecule has 4 aliphatic carbocycles. The van der Waals surface area contributed by atoms with Crippen LogP contribution >= 0.6 is 0 Å². The van der Waals surface area contributed by atoms with Gasteiger partial charge < -0.3 is 23.7 Å².